The number of rotatable bonds is 2. The van der Waals surface area contributed by atoms with Gasteiger partial charge in [-0.3, -0.25) is 9.69 Å². The summed E-state index contributed by atoms with van der Waals surface area (Å²) in [6.45, 7) is 7.08. The molecule has 1 atom stereocenters. The van der Waals surface area contributed by atoms with Gasteiger partial charge < -0.3 is 0 Å². The lowest BCUT2D eigenvalue weighted by atomic mass is 10.0. The Kier molecular flexibility index (Phi) is 3.85. The Bertz CT molecular complexity index is 815. The van der Waals surface area contributed by atoms with Crippen LogP contribution in [0.4, 0.5) is 0 Å². The summed E-state index contributed by atoms with van der Waals surface area (Å²) in [5.74, 6) is 0. The zero-order valence-electron chi connectivity index (χ0n) is 13.0. The number of hydrogen-bond acceptors (Lipinski definition) is 5. The molecule has 6 heteroatoms. The predicted octanol–water partition coefficient (Wildman–Crippen LogP) is 2.37. The first-order valence-corrected chi connectivity index (χ1v) is 8.19. The van der Waals surface area contributed by atoms with Crippen molar-refractivity contribution in [2.75, 3.05) is 6.54 Å². The third kappa shape index (κ3) is 2.36. The molecular weight excluding hydrogens is 296 g/mol. The molecule has 2 aromatic heterocycles. The fraction of sp³-hybridized carbons (Fsp3) is 0.438. The first kappa shape index (κ1) is 14.9. The molecule has 0 spiro atoms. The van der Waals surface area contributed by atoms with Crippen LogP contribution in [0.3, 0.4) is 0 Å². The first-order valence-electron chi connectivity index (χ1n) is 7.31. The van der Waals surface area contributed by atoms with Crippen molar-refractivity contribution >= 4 is 11.3 Å². The molecule has 0 bridgehead atoms. The minimum Gasteiger partial charge on any atom is -0.277 e. The van der Waals surface area contributed by atoms with Crippen LogP contribution in [0.25, 0.3) is 0 Å². The smallest absolute Gasteiger partial charge is 0.277 e. The zero-order valence-corrected chi connectivity index (χ0v) is 13.8. The normalized spacial score (nSPS) is 18.0. The van der Waals surface area contributed by atoms with Gasteiger partial charge in [-0.2, -0.15) is 10.4 Å². The molecule has 0 radical (unpaired) electrons. The van der Waals surface area contributed by atoms with E-state index < -0.39 is 0 Å². The minimum atomic E-state index is -0.297. The molecule has 1 aliphatic heterocycles. The van der Waals surface area contributed by atoms with Gasteiger partial charge >= 0.3 is 0 Å². The van der Waals surface area contributed by atoms with Crippen LogP contribution in [0.5, 0.6) is 0 Å². The van der Waals surface area contributed by atoms with Crippen molar-refractivity contribution in [1.82, 2.24) is 14.7 Å². The highest BCUT2D eigenvalue weighted by atomic mass is 32.1. The van der Waals surface area contributed by atoms with Crippen LogP contribution in [0.2, 0.25) is 0 Å². The highest BCUT2D eigenvalue weighted by Crippen LogP contribution is 2.32. The summed E-state index contributed by atoms with van der Waals surface area (Å²) in [7, 11) is 0. The van der Waals surface area contributed by atoms with Crippen LogP contribution in [0.15, 0.2) is 16.2 Å². The number of fused-ring (bicyclic) bond motifs is 1. The summed E-state index contributed by atoms with van der Waals surface area (Å²) in [4.78, 5) is 16.1. The molecule has 0 aromatic carbocycles. The Morgan fingerprint density at radius 2 is 2.27 bits per heavy atom. The molecule has 0 unspecified atom stereocenters. The van der Waals surface area contributed by atoms with Crippen molar-refractivity contribution < 1.29 is 0 Å². The Labute approximate surface area is 133 Å². The van der Waals surface area contributed by atoms with Crippen molar-refractivity contribution in [3.8, 4) is 6.07 Å². The summed E-state index contributed by atoms with van der Waals surface area (Å²) in [6, 6.07) is 4.44. The van der Waals surface area contributed by atoms with Gasteiger partial charge in [0.15, 0.2) is 0 Å². The monoisotopic (exact) mass is 314 g/mol. The molecule has 2 aromatic rings. The fourth-order valence-electron chi connectivity index (χ4n) is 2.93. The first-order chi connectivity index (χ1) is 10.5. The summed E-state index contributed by atoms with van der Waals surface area (Å²) in [6.07, 6.45) is 1.00. The third-order valence-corrected chi connectivity index (χ3v) is 5.46. The third-order valence-electron chi connectivity index (χ3n) is 4.47. The maximum atomic E-state index is 12.4. The summed E-state index contributed by atoms with van der Waals surface area (Å²) >= 11 is 1.80. The number of nitriles is 1. The van der Waals surface area contributed by atoms with Gasteiger partial charge in [0.2, 0.25) is 0 Å². The molecule has 22 heavy (non-hydrogen) atoms. The van der Waals surface area contributed by atoms with Gasteiger partial charge in [-0.1, -0.05) is 0 Å². The van der Waals surface area contributed by atoms with E-state index in [0.717, 1.165) is 18.7 Å². The lowest BCUT2D eigenvalue weighted by Crippen LogP contribution is -2.40. The quantitative estimate of drug-likeness (QED) is 0.854. The van der Waals surface area contributed by atoms with Crippen LogP contribution in [0.1, 0.15) is 40.2 Å². The van der Waals surface area contributed by atoms with Gasteiger partial charge in [-0.15, -0.1) is 11.3 Å². The molecule has 0 saturated carbocycles. The second-order valence-corrected chi connectivity index (χ2v) is 6.68. The van der Waals surface area contributed by atoms with E-state index in [1.54, 1.807) is 18.3 Å². The van der Waals surface area contributed by atoms with Gasteiger partial charge in [0.1, 0.15) is 11.6 Å². The second kappa shape index (κ2) is 5.67. The van der Waals surface area contributed by atoms with E-state index in [-0.39, 0.29) is 17.2 Å². The topological polar surface area (TPSA) is 61.9 Å². The molecule has 0 N–H and O–H groups in total. The van der Waals surface area contributed by atoms with Crippen LogP contribution < -0.4 is 5.56 Å². The van der Waals surface area contributed by atoms with E-state index in [1.165, 1.54) is 15.1 Å². The largest absolute Gasteiger partial charge is 0.286 e. The second-order valence-electron chi connectivity index (χ2n) is 5.68. The maximum Gasteiger partial charge on any atom is 0.286 e. The number of aryl methyl sites for hydroxylation is 1. The molecular formula is C16H18N4OS. The van der Waals surface area contributed by atoms with Gasteiger partial charge in [0.05, 0.1) is 12.4 Å². The van der Waals surface area contributed by atoms with Gasteiger partial charge in [0, 0.05) is 17.5 Å². The van der Waals surface area contributed by atoms with Crippen molar-refractivity contribution in [3.05, 3.63) is 49.1 Å². The van der Waals surface area contributed by atoms with Crippen molar-refractivity contribution in [3.63, 3.8) is 0 Å². The molecule has 0 aliphatic carbocycles. The lowest BCUT2D eigenvalue weighted by molar-refractivity contribution is 0.141. The Hall–Kier alpha value is -1.97. The van der Waals surface area contributed by atoms with Crippen molar-refractivity contribution in [2.24, 2.45) is 0 Å². The molecule has 0 saturated heterocycles. The summed E-state index contributed by atoms with van der Waals surface area (Å²) in [5.41, 5.74) is 2.66. The van der Waals surface area contributed by atoms with Gasteiger partial charge in [-0.25, -0.2) is 4.68 Å². The molecule has 114 valence electrons. The molecule has 0 fully saturated rings. The van der Waals surface area contributed by atoms with E-state index in [1.807, 2.05) is 13.0 Å². The Morgan fingerprint density at radius 1 is 1.50 bits per heavy atom. The number of nitrogens with zero attached hydrogens (tertiary/aromatic N) is 4. The zero-order chi connectivity index (χ0) is 15.9. The van der Waals surface area contributed by atoms with E-state index >= 15 is 0 Å². The van der Waals surface area contributed by atoms with Crippen molar-refractivity contribution in [2.45, 2.75) is 39.9 Å². The maximum absolute atomic E-state index is 12.4. The summed E-state index contributed by atoms with van der Waals surface area (Å²) in [5, 5.41) is 15.7. The van der Waals surface area contributed by atoms with E-state index in [9.17, 15) is 10.1 Å². The molecule has 3 heterocycles. The van der Waals surface area contributed by atoms with Crippen LogP contribution >= 0.6 is 11.3 Å². The highest BCUT2D eigenvalue weighted by molar-refractivity contribution is 7.10. The molecule has 1 aliphatic rings. The van der Waals surface area contributed by atoms with Crippen LogP contribution in [0, 0.1) is 25.2 Å². The average molecular weight is 314 g/mol. The van der Waals surface area contributed by atoms with Gasteiger partial charge in [0.25, 0.3) is 5.56 Å². The van der Waals surface area contributed by atoms with Crippen LogP contribution in [-0.2, 0) is 13.1 Å². The molecule has 0 amide bonds. The lowest BCUT2D eigenvalue weighted by Gasteiger charge is -2.33. The predicted molar refractivity (Wildman–Crippen MR) is 85.8 cm³/mol. The van der Waals surface area contributed by atoms with Gasteiger partial charge in [-0.05, 0) is 49.8 Å². The molecule has 5 nitrogen and oxygen atoms in total. The average Bonchev–Trinajstić information content (AvgIpc) is 2.97. The van der Waals surface area contributed by atoms with E-state index in [4.69, 9.17) is 0 Å². The number of aromatic nitrogens is 2. The summed E-state index contributed by atoms with van der Waals surface area (Å²) < 4.78 is 1.43. The fourth-order valence-corrected chi connectivity index (χ4v) is 3.89. The molecule has 3 rings (SSSR count). The Balaban J connectivity index is 1.94. The van der Waals surface area contributed by atoms with E-state index in [0.29, 0.717) is 12.2 Å². The van der Waals surface area contributed by atoms with Crippen molar-refractivity contribution in [1.29, 1.82) is 5.26 Å². The number of thiophene rings is 1. The van der Waals surface area contributed by atoms with Crippen LogP contribution in [-0.4, -0.2) is 21.2 Å². The standard InChI is InChI=1S/C16H18N4OS/c1-10-11(2)18-20(16(21)14(10)8-17)9-19-6-4-15-13(12(19)3)5-7-22-15/h5,7,12H,4,6,9H2,1-3H3/t12-/m1/s1. The minimum absolute atomic E-state index is 0.202. The Morgan fingerprint density at radius 3 is 3.00 bits per heavy atom. The highest BCUT2D eigenvalue weighted by Gasteiger charge is 2.25. The van der Waals surface area contributed by atoms with E-state index in [2.05, 4.69) is 28.4 Å². The number of hydrogen-bond donors (Lipinski definition) is 0. The SMILES string of the molecule is Cc1nn(CN2CCc3sccc3[C@H]2C)c(=O)c(C#N)c1C.